The summed E-state index contributed by atoms with van der Waals surface area (Å²) in [4.78, 5) is 12.8. The average molecular weight is 424 g/mol. The van der Waals surface area contributed by atoms with Crippen LogP contribution in [0.4, 0.5) is 0 Å². The zero-order valence-corrected chi connectivity index (χ0v) is 16.0. The van der Waals surface area contributed by atoms with E-state index >= 15 is 0 Å². The van der Waals surface area contributed by atoms with E-state index in [-0.39, 0.29) is 29.8 Å². The highest BCUT2D eigenvalue weighted by atomic mass is 16.8. The predicted octanol–water partition coefficient (Wildman–Crippen LogP) is -1.78. The fraction of sp³-hybridized carbons (Fsp3) is 0.650. The van der Waals surface area contributed by atoms with E-state index in [1.165, 1.54) is 0 Å². The fourth-order valence-electron chi connectivity index (χ4n) is 5.41. The molecule has 0 aromatic rings. The first-order valence-electron chi connectivity index (χ1n) is 9.91. The Bertz CT molecular complexity index is 849. The Hall–Kier alpha value is -1.79. The highest BCUT2D eigenvalue weighted by Gasteiger charge is 2.72. The lowest BCUT2D eigenvalue weighted by molar-refractivity contribution is -0.291. The molecule has 0 unspecified atom stereocenters. The van der Waals surface area contributed by atoms with Gasteiger partial charge in [0.2, 0.25) is 12.0 Å². The Kier molecular flexibility index (Phi) is 4.43. The molecule has 10 heteroatoms. The van der Waals surface area contributed by atoms with Crippen molar-refractivity contribution in [2.24, 2.45) is 11.8 Å². The predicted molar refractivity (Wildman–Crippen MR) is 96.1 cm³/mol. The minimum Gasteiger partial charge on any atom is -0.454 e. The van der Waals surface area contributed by atoms with E-state index in [2.05, 4.69) is 6.58 Å². The maximum Gasteiger partial charge on any atom is 0.377 e. The molecule has 4 aliphatic heterocycles. The number of carbonyl (C=O) groups excluding carboxylic acids is 1. The van der Waals surface area contributed by atoms with Gasteiger partial charge < -0.3 is 44.5 Å². The molecule has 5 rings (SSSR count). The van der Waals surface area contributed by atoms with Crippen LogP contribution in [0.1, 0.15) is 12.8 Å². The van der Waals surface area contributed by atoms with Crippen molar-refractivity contribution in [3.8, 4) is 0 Å². The van der Waals surface area contributed by atoms with Gasteiger partial charge in [-0.05, 0) is 25.0 Å². The zero-order valence-electron chi connectivity index (χ0n) is 16.0. The molecule has 3 fully saturated rings. The molecule has 10 nitrogen and oxygen atoms in total. The van der Waals surface area contributed by atoms with E-state index in [1.807, 2.05) is 0 Å². The van der Waals surface area contributed by atoms with Gasteiger partial charge in [-0.25, -0.2) is 4.79 Å². The molecule has 1 aliphatic carbocycles. The standard InChI is InChI=1S/C20H24O10/c1-8-2-3-9-12(8)20-10(4-5-19(9,7-22)30-20)16(17(26)29-20)28-18-15(25)14(24)13(23)11(6-21)27-18/h4-5,9,11-15,18,21-25H,1-3,6-7H2/t9-,11+,12+,13+,14-,15+,18-,19-,20-/m0/s1. The van der Waals surface area contributed by atoms with E-state index < -0.39 is 54.7 Å². The third-order valence-electron chi connectivity index (χ3n) is 6.91. The summed E-state index contributed by atoms with van der Waals surface area (Å²) < 4.78 is 22.8. The molecule has 0 aromatic heterocycles. The molecule has 1 spiro atoms. The molecule has 1 saturated carbocycles. The van der Waals surface area contributed by atoms with E-state index in [4.69, 9.17) is 18.9 Å². The summed E-state index contributed by atoms with van der Waals surface area (Å²) in [6.45, 7) is 3.18. The maximum atomic E-state index is 12.8. The molecule has 5 aliphatic rings. The third-order valence-corrected chi connectivity index (χ3v) is 6.91. The smallest absolute Gasteiger partial charge is 0.377 e. The summed E-state index contributed by atoms with van der Waals surface area (Å²) in [5, 5.41) is 49.6. The van der Waals surface area contributed by atoms with Crippen LogP contribution in [-0.2, 0) is 23.7 Å². The van der Waals surface area contributed by atoms with E-state index in [9.17, 15) is 30.3 Å². The molecular weight excluding hydrogens is 400 g/mol. The number of aliphatic hydroxyl groups excluding tert-OH is 5. The van der Waals surface area contributed by atoms with Gasteiger partial charge in [0.25, 0.3) is 5.79 Å². The molecule has 0 aromatic carbocycles. The Balaban J connectivity index is 1.53. The number of ether oxygens (including phenoxy) is 4. The molecule has 5 N–H and O–H groups in total. The Labute approximate surface area is 171 Å². The van der Waals surface area contributed by atoms with Crippen LogP contribution < -0.4 is 0 Å². The van der Waals surface area contributed by atoms with Crippen molar-refractivity contribution in [1.82, 2.24) is 0 Å². The highest BCUT2D eigenvalue weighted by Crippen LogP contribution is 2.64. The van der Waals surface area contributed by atoms with Crippen LogP contribution in [0.3, 0.4) is 0 Å². The van der Waals surface area contributed by atoms with Gasteiger partial charge in [-0.2, -0.15) is 0 Å². The van der Waals surface area contributed by atoms with Crippen LogP contribution >= 0.6 is 0 Å². The SMILES string of the molecule is C=C1CC[C@H]2[C@@H]1[C@]13OC(=O)C(O[C@@H]4O[C@H](CO)[C@@H](O)[C@H](O)[C@H]4O)=C1C=C[C@@]2(CO)O3. The van der Waals surface area contributed by atoms with E-state index in [0.717, 1.165) is 12.0 Å². The lowest BCUT2D eigenvalue weighted by Gasteiger charge is -2.39. The quantitative estimate of drug-likeness (QED) is 0.258. The minimum absolute atomic E-state index is 0.122. The first kappa shape index (κ1) is 20.1. The maximum absolute atomic E-state index is 12.8. The Morgan fingerprint density at radius 3 is 2.67 bits per heavy atom. The number of aliphatic hydroxyl groups is 5. The minimum atomic E-state index is -1.68. The summed E-state index contributed by atoms with van der Waals surface area (Å²) in [7, 11) is 0. The number of hydrogen-bond donors (Lipinski definition) is 5. The highest BCUT2D eigenvalue weighted by molar-refractivity contribution is 5.92. The van der Waals surface area contributed by atoms with E-state index in [0.29, 0.717) is 6.42 Å². The largest absolute Gasteiger partial charge is 0.454 e. The summed E-state index contributed by atoms with van der Waals surface area (Å²) in [5.74, 6) is -3.09. The van der Waals surface area contributed by atoms with Crippen LogP contribution in [0.5, 0.6) is 0 Å². The van der Waals surface area contributed by atoms with Gasteiger partial charge in [0.1, 0.15) is 30.0 Å². The van der Waals surface area contributed by atoms with Gasteiger partial charge in [-0.1, -0.05) is 12.2 Å². The fourth-order valence-corrected chi connectivity index (χ4v) is 5.41. The van der Waals surface area contributed by atoms with Crippen LogP contribution in [0.15, 0.2) is 35.6 Å². The van der Waals surface area contributed by atoms with Crippen molar-refractivity contribution in [1.29, 1.82) is 0 Å². The van der Waals surface area contributed by atoms with Gasteiger partial charge in [-0.15, -0.1) is 0 Å². The van der Waals surface area contributed by atoms with Crippen molar-refractivity contribution in [2.75, 3.05) is 13.2 Å². The third kappa shape index (κ3) is 2.41. The first-order valence-corrected chi connectivity index (χ1v) is 9.91. The zero-order chi connectivity index (χ0) is 21.4. The summed E-state index contributed by atoms with van der Waals surface area (Å²) in [6, 6.07) is 0. The Morgan fingerprint density at radius 1 is 1.20 bits per heavy atom. The van der Waals surface area contributed by atoms with Crippen LogP contribution in [0, 0.1) is 11.8 Å². The van der Waals surface area contributed by atoms with Gasteiger partial charge in [0.15, 0.2) is 0 Å². The topological polar surface area (TPSA) is 155 Å². The van der Waals surface area contributed by atoms with Gasteiger partial charge in [0.05, 0.1) is 24.7 Å². The second-order valence-electron chi connectivity index (χ2n) is 8.44. The monoisotopic (exact) mass is 424 g/mol. The first-order chi connectivity index (χ1) is 14.3. The van der Waals surface area contributed by atoms with Crippen LogP contribution in [0.2, 0.25) is 0 Å². The Morgan fingerprint density at radius 2 is 1.97 bits per heavy atom. The summed E-state index contributed by atoms with van der Waals surface area (Å²) >= 11 is 0. The average Bonchev–Trinajstić information content (AvgIpc) is 3.32. The van der Waals surface area contributed by atoms with Crippen LogP contribution in [-0.4, -0.2) is 86.8 Å². The molecule has 0 amide bonds. The molecular formula is C20H24O10. The van der Waals surface area contributed by atoms with Crippen molar-refractivity contribution in [3.63, 3.8) is 0 Å². The van der Waals surface area contributed by atoms with Crippen molar-refractivity contribution in [3.05, 3.63) is 35.6 Å². The van der Waals surface area contributed by atoms with Gasteiger partial charge >= 0.3 is 5.97 Å². The van der Waals surface area contributed by atoms with E-state index in [1.54, 1.807) is 12.2 Å². The second-order valence-corrected chi connectivity index (χ2v) is 8.44. The number of hydrogen-bond acceptors (Lipinski definition) is 10. The van der Waals surface area contributed by atoms with Gasteiger partial charge in [-0.3, -0.25) is 0 Å². The number of rotatable bonds is 4. The second kappa shape index (κ2) is 6.60. The van der Waals surface area contributed by atoms with Crippen molar-refractivity contribution in [2.45, 2.75) is 54.9 Å². The normalized spacial score (nSPS) is 49.3. The molecule has 0 radical (unpaired) electrons. The van der Waals surface area contributed by atoms with Gasteiger partial charge in [0, 0.05) is 5.92 Å². The van der Waals surface area contributed by atoms with Crippen LogP contribution in [0.25, 0.3) is 0 Å². The molecule has 164 valence electrons. The molecule has 9 atom stereocenters. The molecule has 4 heterocycles. The molecule has 30 heavy (non-hydrogen) atoms. The number of esters is 1. The van der Waals surface area contributed by atoms with Crippen molar-refractivity contribution >= 4 is 5.97 Å². The lowest BCUT2D eigenvalue weighted by atomic mass is 9.81. The number of carbonyl (C=O) groups is 1. The molecule has 2 saturated heterocycles. The lowest BCUT2D eigenvalue weighted by Crippen LogP contribution is -2.59. The summed E-state index contributed by atoms with van der Waals surface area (Å²) in [6.07, 6.45) is -2.87. The van der Waals surface area contributed by atoms with Crippen molar-refractivity contribution < 1.29 is 49.3 Å². The summed E-state index contributed by atoms with van der Waals surface area (Å²) in [5.41, 5.74) is 0.134. The number of fused-ring (bicyclic) bond motifs is 3. The molecule has 2 bridgehead atoms.